The molecule has 0 unspecified atom stereocenters. The van der Waals surface area contributed by atoms with Crippen LogP contribution in [0, 0.1) is 0 Å². The van der Waals surface area contributed by atoms with Crippen molar-refractivity contribution in [2.45, 2.75) is 19.0 Å². The number of rotatable bonds is 1. The van der Waals surface area contributed by atoms with Crippen molar-refractivity contribution in [1.82, 2.24) is 14.9 Å². The fourth-order valence-corrected chi connectivity index (χ4v) is 2.25. The van der Waals surface area contributed by atoms with E-state index in [1.807, 2.05) is 6.20 Å². The molecule has 1 fully saturated rings. The number of fused-ring (bicyclic) bond motifs is 1. The molecule has 0 atom stereocenters. The van der Waals surface area contributed by atoms with E-state index in [-0.39, 0.29) is 0 Å². The summed E-state index contributed by atoms with van der Waals surface area (Å²) in [7, 11) is 2.13. The molecule has 0 aromatic carbocycles. The lowest BCUT2D eigenvalue weighted by Gasteiger charge is -2.37. The van der Waals surface area contributed by atoms with E-state index in [0.717, 1.165) is 38.5 Å². The van der Waals surface area contributed by atoms with Crippen molar-refractivity contribution in [3.8, 4) is 0 Å². The van der Waals surface area contributed by atoms with E-state index in [0.29, 0.717) is 6.04 Å². The number of likely N-dealkylation sites (N-methyl/N-ethyl adjacent to an activating group) is 1. The first kappa shape index (κ1) is 9.99. The van der Waals surface area contributed by atoms with Gasteiger partial charge in [0.1, 0.15) is 0 Å². The van der Waals surface area contributed by atoms with E-state index < -0.39 is 0 Å². The van der Waals surface area contributed by atoms with Crippen molar-refractivity contribution < 1.29 is 0 Å². The van der Waals surface area contributed by atoms with Gasteiger partial charge >= 0.3 is 0 Å². The first-order valence-corrected chi connectivity index (χ1v) is 5.76. The maximum Gasteiger partial charge on any atom is 0.225 e. The van der Waals surface area contributed by atoms with Crippen molar-refractivity contribution in [1.29, 1.82) is 0 Å². The summed E-state index contributed by atoms with van der Waals surface area (Å²) in [5, 5.41) is 0. The maximum atomic E-state index is 5.76. The molecular weight excluding hydrogens is 202 g/mol. The summed E-state index contributed by atoms with van der Waals surface area (Å²) in [6, 6.07) is 0.294. The molecule has 0 saturated carbocycles. The van der Waals surface area contributed by atoms with Crippen molar-refractivity contribution in [3.05, 3.63) is 17.5 Å². The number of hydrogen-bond acceptors (Lipinski definition) is 5. The number of hydrogen-bond donors (Lipinski definition) is 1. The van der Waals surface area contributed by atoms with Gasteiger partial charge in [-0.2, -0.15) is 0 Å². The predicted octanol–water partition coefficient (Wildman–Crippen LogP) is -0.388. The lowest BCUT2D eigenvalue weighted by atomic mass is 10.1. The van der Waals surface area contributed by atoms with Crippen LogP contribution in [0.2, 0.25) is 0 Å². The zero-order valence-electron chi connectivity index (χ0n) is 9.56. The van der Waals surface area contributed by atoms with Gasteiger partial charge in [0.25, 0.3) is 0 Å². The fraction of sp³-hybridized carbons (Fsp3) is 0.636. The SMILES string of the molecule is CN1CCc2cnc(N3CC(N)C3)nc2C1. The number of aromatic nitrogens is 2. The molecule has 2 aliphatic heterocycles. The van der Waals surface area contributed by atoms with Crippen LogP contribution in [0.25, 0.3) is 0 Å². The lowest BCUT2D eigenvalue weighted by molar-refractivity contribution is 0.306. The second-order valence-corrected chi connectivity index (χ2v) is 4.79. The number of anilines is 1. The highest BCUT2D eigenvalue weighted by molar-refractivity contribution is 5.38. The Bertz CT molecular complexity index is 399. The molecule has 16 heavy (non-hydrogen) atoms. The van der Waals surface area contributed by atoms with Gasteiger partial charge in [-0.05, 0) is 19.0 Å². The average Bonchev–Trinajstić information content (AvgIpc) is 2.24. The highest BCUT2D eigenvalue weighted by Gasteiger charge is 2.26. The van der Waals surface area contributed by atoms with Crippen molar-refractivity contribution in [2.24, 2.45) is 5.73 Å². The Balaban J connectivity index is 1.84. The third-order valence-electron chi connectivity index (χ3n) is 3.32. The van der Waals surface area contributed by atoms with Crippen LogP contribution < -0.4 is 10.6 Å². The molecule has 3 rings (SSSR count). The second kappa shape index (κ2) is 3.68. The third kappa shape index (κ3) is 1.66. The molecule has 1 aromatic heterocycles. The Hall–Kier alpha value is -1.20. The Kier molecular flexibility index (Phi) is 2.29. The summed E-state index contributed by atoms with van der Waals surface area (Å²) >= 11 is 0. The molecule has 1 saturated heterocycles. The molecular formula is C11H17N5. The Morgan fingerprint density at radius 3 is 3.00 bits per heavy atom. The van der Waals surface area contributed by atoms with Crippen LogP contribution in [0.3, 0.4) is 0 Å². The van der Waals surface area contributed by atoms with Gasteiger partial charge in [-0.1, -0.05) is 0 Å². The maximum absolute atomic E-state index is 5.76. The molecule has 2 aliphatic rings. The molecule has 2 N–H and O–H groups in total. The smallest absolute Gasteiger partial charge is 0.225 e. The highest BCUT2D eigenvalue weighted by Crippen LogP contribution is 2.20. The summed E-state index contributed by atoms with van der Waals surface area (Å²) in [6.07, 6.45) is 3.04. The minimum Gasteiger partial charge on any atom is -0.338 e. The third-order valence-corrected chi connectivity index (χ3v) is 3.32. The average molecular weight is 219 g/mol. The summed E-state index contributed by atoms with van der Waals surface area (Å²) in [4.78, 5) is 13.5. The van der Waals surface area contributed by atoms with Crippen LogP contribution in [-0.4, -0.2) is 47.6 Å². The minimum absolute atomic E-state index is 0.294. The lowest BCUT2D eigenvalue weighted by Crippen LogP contribution is -2.56. The van der Waals surface area contributed by atoms with Gasteiger partial charge in [0.05, 0.1) is 5.69 Å². The zero-order valence-corrected chi connectivity index (χ0v) is 9.56. The molecule has 1 aromatic rings. The first-order valence-electron chi connectivity index (χ1n) is 5.76. The summed E-state index contributed by atoms with van der Waals surface area (Å²) in [5.41, 5.74) is 8.24. The first-order chi connectivity index (χ1) is 7.72. The van der Waals surface area contributed by atoms with E-state index in [1.54, 1.807) is 0 Å². The largest absolute Gasteiger partial charge is 0.338 e. The van der Waals surface area contributed by atoms with Crippen LogP contribution in [0.15, 0.2) is 6.20 Å². The number of nitrogens with two attached hydrogens (primary N) is 1. The van der Waals surface area contributed by atoms with E-state index >= 15 is 0 Å². The fourth-order valence-electron chi connectivity index (χ4n) is 2.25. The van der Waals surface area contributed by atoms with E-state index in [9.17, 15) is 0 Å². The standard InChI is InChI=1S/C11H17N5/c1-15-3-2-8-4-13-11(14-10(8)7-15)16-5-9(12)6-16/h4,9H,2-3,5-7,12H2,1H3. The van der Waals surface area contributed by atoms with E-state index in [4.69, 9.17) is 5.73 Å². The van der Waals surface area contributed by atoms with Crippen LogP contribution in [0.1, 0.15) is 11.3 Å². The van der Waals surface area contributed by atoms with E-state index in [2.05, 4.69) is 26.8 Å². The summed E-state index contributed by atoms with van der Waals surface area (Å²) in [6.45, 7) is 3.80. The normalized spacial score (nSPS) is 21.8. The molecule has 0 aliphatic carbocycles. The molecule has 86 valence electrons. The minimum atomic E-state index is 0.294. The molecule has 5 heteroatoms. The van der Waals surface area contributed by atoms with Gasteiger partial charge in [-0.25, -0.2) is 9.97 Å². The van der Waals surface area contributed by atoms with Crippen molar-refractivity contribution in [2.75, 3.05) is 31.6 Å². The zero-order chi connectivity index (χ0) is 11.1. The van der Waals surface area contributed by atoms with Crippen LogP contribution >= 0.6 is 0 Å². The number of nitrogens with zero attached hydrogens (tertiary/aromatic N) is 4. The van der Waals surface area contributed by atoms with Gasteiger partial charge in [-0.15, -0.1) is 0 Å². The monoisotopic (exact) mass is 219 g/mol. The van der Waals surface area contributed by atoms with E-state index in [1.165, 1.54) is 11.3 Å². The van der Waals surface area contributed by atoms with Gasteiger partial charge in [0.15, 0.2) is 0 Å². The molecule has 0 spiro atoms. The molecule has 0 bridgehead atoms. The van der Waals surface area contributed by atoms with Gasteiger partial charge in [-0.3, -0.25) is 0 Å². The molecule has 5 nitrogen and oxygen atoms in total. The molecule has 0 amide bonds. The summed E-state index contributed by atoms with van der Waals surface area (Å²) < 4.78 is 0. The molecule has 0 radical (unpaired) electrons. The quantitative estimate of drug-likeness (QED) is 0.697. The molecule has 3 heterocycles. The van der Waals surface area contributed by atoms with Gasteiger partial charge in [0.2, 0.25) is 5.95 Å². The Labute approximate surface area is 95.3 Å². The topological polar surface area (TPSA) is 58.3 Å². The van der Waals surface area contributed by atoms with Crippen LogP contribution in [0.4, 0.5) is 5.95 Å². The Morgan fingerprint density at radius 2 is 2.25 bits per heavy atom. The van der Waals surface area contributed by atoms with Crippen LogP contribution in [-0.2, 0) is 13.0 Å². The van der Waals surface area contributed by atoms with Crippen LogP contribution in [0.5, 0.6) is 0 Å². The van der Waals surface area contributed by atoms with Crippen molar-refractivity contribution >= 4 is 5.95 Å². The summed E-state index contributed by atoms with van der Waals surface area (Å²) in [5.74, 6) is 0.843. The van der Waals surface area contributed by atoms with Gasteiger partial charge in [0, 0.05) is 38.4 Å². The van der Waals surface area contributed by atoms with Crippen molar-refractivity contribution in [3.63, 3.8) is 0 Å². The van der Waals surface area contributed by atoms with Gasteiger partial charge < -0.3 is 15.5 Å². The highest BCUT2D eigenvalue weighted by atomic mass is 15.3. The second-order valence-electron chi connectivity index (χ2n) is 4.79. The Morgan fingerprint density at radius 1 is 1.44 bits per heavy atom. The predicted molar refractivity (Wildman–Crippen MR) is 62.3 cm³/mol.